The molecular weight excluding hydrogens is 367 g/mol. The van der Waals surface area contributed by atoms with Crippen LogP contribution in [0.15, 0.2) is 21.2 Å². The van der Waals surface area contributed by atoms with Crippen LogP contribution in [-0.2, 0) is 0 Å². The molecule has 3 aliphatic rings. The quantitative estimate of drug-likeness (QED) is 0.531. The van der Waals surface area contributed by atoms with Gasteiger partial charge in [-0.3, -0.25) is 14.3 Å². The van der Waals surface area contributed by atoms with E-state index in [0.717, 1.165) is 18.4 Å². The number of nitrogens with two attached hydrogens (primary N) is 1. The maximum Gasteiger partial charge on any atom is 0.329 e. The van der Waals surface area contributed by atoms with Crippen LogP contribution in [-0.4, -0.2) is 41.0 Å². The largest absolute Gasteiger partial charge is 0.492 e. The molecule has 1 saturated heterocycles. The molecule has 1 saturated carbocycles. The summed E-state index contributed by atoms with van der Waals surface area (Å²) in [6.45, 7) is 0.860. The highest BCUT2D eigenvalue weighted by Gasteiger charge is 2.40. The fourth-order valence-corrected chi connectivity index (χ4v) is 4.58. The average molecular weight is 388 g/mol. The lowest BCUT2D eigenvalue weighted by Gasteiger charge is -2.25. The van der Waals surface area contributed by atoms with Gasteiger partial charge in [0.2, 0.25) is 0 Å². The first-order valence-corrected chi connectivity index (χ1v) is 9.37. The number of nitrogens with one attached hydrogen (secondary N) is 1. The minimum atomic E-state index is -0.745. The number of aromatic amines is 1. The first-order chi connectivity index (χ1) is 13.4. The number of aliphatic hydroxyl groups is 1. The van der Waals surface area contributed by atoms with Crippen molar-refractivity contribution in [3.05, 3.63) is 38.3 Å². The van der Waals surface area contributed by atoms with Gasteiger partial charge in [0.05, 0.1) is 24.3 Å². The zero-order chi connectivity index (χ0) is 19.7. The van der Waals surface area contributed by atoms with Crippen molar-refractivity contribution in [1.82, 2.24) is 9.55 Å². The lowest BCUT2D eigenvalue weighted by molar-refractivity contribution is 0.147. The third-order valence-corrected chi connectivity index (χ3v) is 6.07. The maximum absolute atomic E-state index is 15.4. The highest BCUT2D eigenvalue weighted by Crippen LogP contribution is 2.47. The number of anilines is 2. The van der Waals surface area contributed by atoms with Gasteiger partial charge in [0.25, 0.3) is 5.56 Å². The predicted molar refractivity (Wildman–Crippen MR) is 102 cm³/mol. The summed E-state index contributed by atoms with van der Waals surface area (Å²) in [6.07, 6.45) is 3.68. The van der Waals surface area contributed by atoms with Crippen molar-refractivity contribution >= 4 is 22.3 Å². The van der Waals surface area contributed by atoms with Crippen molar-refractivity contribution in [2.24, 2.45) is 5.92 Å². The molecule has 9 heteroatoms. The molecule has 1 aliphatic heterocycles. The second-order valence-electron chi connectivity index (χ2n) is 7.76. The zero-order valence-electron chi connectivity index (χ0n) is 15.4. The molecule has 8 nitrogen and oxygen atoms in total. The number of ether oxygens (including phenoxy) is 1. The van der Waals surface area contributed by atoms with Gasteiger partial charge in [-0.1, -0.05) is 6.08 Å². The van der Waals surface area contributed by atoms with E-state index in [1.165, 1.54) is 11.7 Å². The third-order valence-electron chi connectivity index (χ3n) is 6.07. The Bertz CT molecular complexity index is 1150. The molecule has 2 atom stereocenters. The van der Waals surface area contributed by atoms with Crippen molar-refractivity contribution in [1.29, 1.82) is 0 Å². The van der Waals surface area contributed by atoms with Crippen LogP contribution in [0.4, 0.5) is 15.8 Å². The smallest absolute Gasteiger partial charge is 0.329 e. The van der Waals surface area contributed by atoms with Gasteiger partial charge in [0.1, 0.15) is 11.2 Å². The molecule has 2 heterocycles. The summed E-state index contributed by atoms with van der Waals surface area (Å²) < 4.78 is 22.4. The van der Waals surface area contributed by atoms with Gasteiger partial charge in [0.15, 0.2) is 11.6 Å². The number of benzene rings is 1. The number of fused-ring (bicyclic) bond motifs is 2. The summed E-state index contributed by atoms with van der Waals surface area (Å²) in [5, 5.41) is 10.1. The fraction of sp³-hybridized carbons (Fsp3) is 0.474. The molecule has 1 aromatic carbocycles. The van der Waals surface area contributed by atoms with Gasteiger partial charge in [0, 0.05) is 25.0 Å². The highest BCUT2D eigenvalue weighted by atomic mass is 19.1. The van der Waals surface area contributed by atoms with E-state index in [9.17, 15) is 14.7 Å². The number of hydrogen-bond acceptors (Lipinski definition) is 6. The molecule has 0 amide bonds. The summed E-state index contributed by atoms with van der Waals surface area (Å²) in [6, 6.07) is -0.0686. The predicted octanol–water partition coefficient (Wildman–Crippen LogP) is 0.882. The minimum Gasteiger partial charge on any atom is -0.492 e. The van der Waals surface area contributed by atoms with Crippen molar-refractivity contribution in [2.45, 2.75) is 31.4 Å². The first kappa shape index (κ1) is 17.3. The van der Waals surface area contributed by atoms with E-state index >= 15 is 4.39 Å². The highest BCUT2D eigenvalue weighted by molar-refractivity contribution is 6.00. The molecule has 0 bridgehead atoms. The van der Waals surface area contributed by atoms with Gasteiger partial charge in [-0.25, -0.2) is 9.18 Å². The second kappa shape index (κ2) is 5.84. The van der Waals surface area contributed by atoms with E-state index in [-0.39, 0.29) is 40.0 Å². The minimum absolute atomic E-state index is 0.0640. The van der Waals surface area contributed by atoms with Gasteiger partial charge >= 0.3 is 5.69 Å². The molecule has 1 aromatic heterocycles. The monoisotopic (exact) mass is 388 g/mol. The number of hydrogen-bond donors (Lipinski definition) is 3. The molecule has 148 valence electrons. The maximum atomic E-state index is 15.4. The molecule has 4 N–H and O–H groups in total. The van der Waals surface area contributed by atoms with Crippen molar-refractivity contribution in [3.8, 4) is 5.75 Å². The van der Waals surface area contributed by atoms with E-state index in [1.54, 1.807) is 4.90 Å². The van der Waals surface area contributed by atoms with Crippen LogP contribution in [0, 0.1) is 11.7 Å². The molecule has 0 spiro atoms. The normalized spacial score (nSPS) is 24.0. The van der Waals surface area contributed by atoms with Crippen LogP contribution in [0.25, 0.3) is 10.9 Å². The number of aromatic nitrogens is 2. The number of nitrogens with zero attached hydrogens (tertiary/aromatic N) is 2. The summed E-state index contributed by atoms with van der Waals surface area (Å²) in [5.74, 6) is -0.677. The number of methoxy groups -OCH3 is 1. The Kier molecular flexibility index (Phi) is 3.61. The van der Waals surface area contributed by atoms with Crippen molar-refractivity contribution < 1.29 is 14.2 Å². The molecule has 28 heavy (non-hydrogen) atoms. The van der Waals surface area contributed by atoms with Crippen molar-refractivity contribution in [2.75, 3.05) is 30.8 Å². The van der Waals surface area contributed by atoms with Crippen LogP contribution >= 0.6 is 0 Å². The van der Waals surface area contributed by atoms with Crippen LogP contribution in [0.1, 0.15) is 25.3 Å². The van der Waals surface area contributed by atoms with E-state index in [4.69, 9.17) is 10.5 Å². The lowest BCUT2D eigenvalue weighted by Crippen LogP contribution is -2.32. The van der Waals surface area contributed by atoms with E-state index in [0.29, 0.717) is 19.5 Å². The Morgan fingerprint density at radius 3 is 2.75 bits per heavy atom. The standard InChI is InChI=1S/C19H21FN4O4/c1-28-17-15-12(18(26)22-19(27)24(15)9-3-4-9)14(21)13(20)16(17)23-6-8-2-5-11(25)10(8)7-23/h2,9-11,25H,3-7,21H2,1H3,(H,22,26,27). The second-order valence-corrected chi connectivity index (χ2v) is 7.76. The molecule has 0 radical (unpaired) electrons. The molecule has 2 fully saturated rings. The zero-order valence-corrected chi connectivity index (χ0v) is 15.4. The Labute approximate surface area is 159 Å². The summed E-state index contributed by atoms with van der Waals surface area (Å²) in [7, 11) is 1.39. The number of H-pyrrole nitrogens is 1. The van der Waals surface area contributed by atoms with E-state index in [2.05, 4.69) is 4.98 Å². The summed E-state index contributed by atoms with van der Waals surface area (Å²) >= 11 is 0. The van der Waals surface area contributed by atoms with Crippen LogP contribution < -0.4 is 26.6 Å². The first-order valence-electron chi connectivity index (χ1n) is 9.37. The van der Waals surface area contributed by atoms with E-state index < -0.39 is 23.2 Å². The van der Waals surface area contributed by atoms with Crippen LogP contribution in [0.2, 0.25) is 0 Å². The number of aliphatic hydroxyl groups excluding tert-OH is 1. The van der Waals surface area contributed by atoms with Gasteiger partial charge in [-0.2, -0.15) is 0 Å². The Morgan fingerprint density at radius 1 is 1.36 bits per heavy atom. The molecular formula is C19H21FN4O4. The van der Waals surface area contributed by atoms with Gasteiger partial charge in [-0.15, -0.1) is 0 Å². The van der Waals surface area contributed by atoms with Gasteiger partial charge in [-0.05, 0) is 24.8 Å². The molecule has 2 aliphatic carbocycles. The topological polar surface area (TPSA) is 114 Å². The van der Waals surface area contributed by atoms with Crippen LogP contribution in [0.5, 0.6) is 5.75 Å². The number of nitrogen functional groups attached to an aromatic ring is 1. The van der Waals surface area contributed by atoms with E-state index in [1.807, 2.05) is 6.08 Å². The summed E-state index contributed by atoms with van der Waals surface area (Å²) in [5.41, 5.74) is 5.89. The average Bonchev–Trinajstić information content (AvgIpc) is 3.30. The number of halogens is 1. The van der Waals surface area contributed by atoms with Crippen molar-refractivity contribution in [3.63, 3.8) is 0 Å². The summed E-state index contributed by atoms with van der Waals surface area (Å²) in [4.78, 5) is 29.0. The molecule has 2 aromatic rings. The third kappa shape index (κ3) is 2.25. The Balaban J connectivity index is 1.81. The van der Waals surface area contributed by atoms with Crippen LogP contribution in [0.3, 0.4) is 0 Å². The Morgan fingerprint density at radius 2 is 2.11 bits per heavy atom. The lowest BCUT2D eigenvalue weighted by atomic mass is 10.0. The molecule has 5 rings (SSSR count). The SMILES string of the molecule is COc1c(N2CC3=CCC(O)C3C2)c(F)c(N)c2c(=O)[nH]c(=O)n(C3CC3)c12. The van der Waals surface area contributed by atoms with Gasteiger partial charge < -0.3 is 20.5 Å². The Hall–Kier alpha value is -2.81. The number of rotatable bonds is 3. The fourth-order valence-electron chi connectivity index (χ4n) is 4.58. The molecule has 2 unspecified atom stereocenters.